The van der Waals surface area contributed by atoms with Gasteiger partial charge in [0.25, 0.3) is 5.91 Å². The molecule has 1 atom stereocenters. The molecule has 116 valence electrons. The van der Waals surface area contributed by atoms with E-state index in [1.807, 2.05) is 0 Å². The molecule has 0 N–H and O–H groups in total. The zero-order valence-corrected chi connectivity index (χ0v) is 13.6. The van der Waals surface area contributed by atoms with Gasteiger partial charge in [-0.05, 0) is 18.6 Å². The van der Waals surface area contributed by atoms with Crippen LogP contribution >= 0.6 is 22.9 Å². The maximum atomic E-state index is 11.9. The minimum absolute atomic E-state index is 0.0380. The Bertz CT molecular complexity index is 654. The Kier molecular flexibility index (Phi) is 4.90. The van der Waals surface area contributed by atoms with Crippen molar-refractivity contribution in [3.63, 3.8) is 0 Å². The van der Waals surface area contributed by atoms with Crippen LogP contribution in [0, 0.1) is 0 Å². The van der Waals surface area contributed by atoms with Gasteiger partial charge in [-0.2, -0.15) is 0 Å². The van der Waals surface area contributed by atoms with E-state index < -0.39 is 28.3 Å². The Hall–Kier alpha value is -1.12. The molecule has 0 aliphatic carbocycles. The topological polar surface area (TPSA) is 80.8 Å². The van der Waals surface area contributed by atoms with E-state index >= 15 is 0 Å². The van der Waals surface area contributed by atoms with Crippen LogP contribution in [0.15, 0.2) is 12.1 Å². The number of sulfone groups is 1. The molecule has 21 heavy (non-hydrogen) atoms. The first-order valence-electron chi connectivity index (χ1n) is 6.17. The molecule has 1 aliphatic rings. The van der Waals surface area contributed by atoms with Crippen molar-refractivity contribution in [3.8, 4) is 0 Å². The molecule has 1 aromatic heterocycles. The first-order valence-corrected chi connectivity index (χ1v) is 9.18. The number of ether oxygens (including phenoxy) is 1. The average molecular weight is 352 g/mol. The quantitative estimate of drug-likeness (QED) is 0.761. The van der Waals surface area contributed by atoms with Crippen LogP contribution in [0.3, 0.4) is 0 Å². The summed E-state index contributed by atoms with van der Waals surface area (Å²) >= 11 is 6.78. The number of amides is 1. The van der Waals surface area contributed by atoms with E-state index in [0.29, 0.717) is 15.6 Å². The fraction of sp³-hybridized carbons (Fsp3) is 0.500. The highest BCUT2D eigenvalue weighted by atomic mass is 35.5. The lowest BCUT2D eigenvalue weighted by Crippen LogP contribution is -2.40. The number of carbonyl (C=O) groups is 2. The molecule has 0 bridgehead atoms. The van der Waals surface area contributed by atoms with Crippen molar-refractivity contribution < 1.29 is 22.7 Å². The lowest BCUT2D eigenvalue weighted by Gasteiger charge is -2.23. The fourth-order valence-electron chi connectivity index (χ4n) is 2.01. The molecule has 2 rings (SSSR count). The van der Waals surface area contributed by atoms with Crippen molar-refractivity contribution >= 4 is 44.7 Å². The third-order valence-corrected chi connectivity index (χ3v) is 6.21. The van der Waals surface area contributed by atoms with E-state index in [9.17, 15) is 18.0 Å². The zero-order valence-electron chi connectivity index (χ0n) is 11.2. The number of hydrogen-bond donors (Lipinski definition) is 0. The molecule has 1 amide bonds. The van der Waals surface area contributed by atoms with Gasteiger partial charge in [0, 0.05) is 13.1 Å². The Morgan fingerprint density at radius 1 is 1.48 bits per heavy atom. The summed E-state index contributed by atoms with van der Waals surface area (Å²) in [6.07, 6.45) is 0.416. The van der Waals surface area contributed by atoms with E-state index in [1.165, 1.54) is 18.0 Å². The van der Waals surface area contributed by atoms with Crippen LogP contribution in [0.1, 0.15) is 16.1 Å². The molecule has 0 spiro atoms. The number of halogens is 1. The molecule has 9 heteroatoms. The third-order valence-electron chi connectivity index (χ3n) is 3.25. The summed E-state index contributed by atoms with van der Waals surface area (Å²) in [4.78, 5) is 25.2. The van der Waals surface area contributed by atoms with Crippen LogP contribution in [0.4, 0.5) is 0 Å². The summed E-state index contributed by atoms with van der Waals surface area (Å²) in [7, 11) is -1.54. The van der Waals surface area contributed by atoms with Crippen LogP contribution in [0.25, 0.3) is 0 Å². The largest absolute Gasteiger partial charge is 0.451 e. The number of thiophene rings is 1. The lowest BCUT2D eigenvalue weighted by atomic mass is 10.2. The Labute approximate surface area is 131 Å². The second-order valence-corrected chi connectivity index (χ2v) is 8.69. The van der Waals surface area contributed by atoms with E-state index in [1.54, 1.807) is 6.07 Å². The van der Waals surface area contributed by atoms with Crippen LogP contribution in [0.2, 0.25) is 4.34 Å². The van der Waals surface area contributed by atoms with Gasteiger partial charge in [0.15, 0.2) is 16.4 Å². The fourth-order valence-corrected chi connectivity index (χ4v) is 4.72. The molecule has 0 saturated carbocycles. The molecular weight excluding hydrogens is 338 g/mol. The van der Waals surface area contributed by atoms with Gasteiger partial charge < -0.3 is 9.64 Å². The van der Waals surface area contributed by atoms with Crippen molar-refractivity contribution in [1.82, 2.24) is 4.90 Å². The molecule has 1 aliphatic heterocycles. The van der Waals surface area contributed by atoms with Gasteiger partial charge in [0.2, 0.25) is 0 Å². The first kappa shape index (κ1) is 16.3. The van der Waals surface area contributed by atoms with Crippen LogP contribution < -0.4 is 0 Å². The highest BCUT2D eigenvalue weighted by molar-refractivity contribution is 7.91. The SMILES string of the molecule is CN(C(=O)COC(=O)c1ccc(Cl)s1)C1CCS(=O)(=O)C1. The van der Waals surface area contributed by atoms with Crippen molar-refractivity contribution in [1.29, 1.82) is 0 Å². The van der Waals surface area contributed by atoms with Gasteiger partial charge in [-0.15, -0.1) is 11.3 Å². The number of rotatable bonds is 4. The molecular formula is C12H14ClNO5S2. The molecule has 0 aromatic carbocycles. The maximum absolute atomic E-state index is 11.9. The van der Waals surface area contributed by atoms with E-state index in [-0.39, 0.29) is 17.5 Å². The predicted octanol–water partition coefficient (Wildman–Crippen LogP) is 1.20. The second kappa shape index (κ2) is 6.33. The van der Waals surface area contributed by atoms with Gasteiger partial charge in [-0.25, -0.2) is 13.2 Å². The smallest absolute Gasteiger partial charge is 0.348 e. The van der Waals surface area contributed by atoms with Crippen LogP contribution in [0.5, 0.6) is 0 Å². The van der Waals surface area contributed by atoms with Crippen LogP contribution in [-0.2, 0) is 19.4 Å². The van der Waals surface area contributed by atoms with E-state index in [0.717, 1.165) is 11.3 Å². The number of nitrogens with zero attached hydrogens (tertiary/aromatic N) is 1. The van der Waals surface area contributed by atoms with Gasteiger partial charge >= 0.3 is 5.97 Å². The Balaban J connectivity index is 1.86. The maximum Gasteiger partial charge on any atom is 0.348 e. The van der Waals surface area contributed by atoms with Crippen molar-refractivity contribution in [3.05, 3.63) is 21.3 Å². The molecule has 6 nitrogen and oxygen atoms in total. The summed E-state index contributed by atoms with van der Waals surface area (Å²) in [5, 5.41) is 0. The predicted molar refractivity (Wildman–Crippen MR) is 79.4 cm³/mol. The van der Waals surface area contributed by atoms with E-state index in [2.05, 4.69) is 0 Å². The molecule has 1 unspecified atom stereocenters. The standard InChI is InChI=1S/C12H14ClNO5S2/c1-14(8-4-5-21(17,18)7-8)11(15)6-19-12(16)9-2-3-10(13)20-9/h2-3,8H,4-7H2,1H3. The van der Waals surface area contributed by atoms with Gasteiger partial charge in [-0.3, -0.25) is 4.79 Å². The molecule has 0 radical (unpaired) electrons. The summed E-state index contributed by atoms with van der Waals surface area (Å²) < 4.78 is 28.1. The number of esters is 1. The summed E-state index contributed by atoms with van der Waals surface area (Å²) in [5.41, 5.74) is 0. The summed E-state index contributed by atoms with van der Waals surface area (Å²) in [6.45, 7) is -0.415. The molecule has 2 heterocycles. The van der Waals surface area contributed by atoms with Crippen molar-refractivity contribution in [2.45, 2.75) is 12.5 Å². The average Bonchev–Trinajstić information content (AvgIpc) is 3.00. The summed E-state index contributed by atoms with van der Waals surface area (Å²) in [5.74, 6) is -0.993. The van der Waals surface area contributed by atoms with Gasteiger partial charge in [0.05, 0.1) is 15.8 Å². The minimum atomic E-state index is -3.06. The molecule has 1 fully saturated rings. The normalized spacial score (nSPS) is 20.2. The number of hydrogen-bond acceptors (Lipinski definition) is 6. The van der Waals surface area contributed by atoms with Crippen LogP contribution in [-0.4, -0.2) is 56.4 Å². The Morgan fingerprint density at radius 2 is 2.19 bits per heavy atom. The molecule has 1 saturated heterocycles. The minimum Gasteiger partial charge on any atom is -0.451 e. The Morgan fingerprint density at radius 3 is 2.71 bits per heavy atom. The van der Waals surface area contributed by atoms with Gasteiger partial charge in [-0.1, -0.05) is 11.6 Å². The third kappa shape index (κ3) is 4.18. The number of likely N-dealkylation sites (N-methyl/N-ethyl adjacent to an activating group) is 1. The summed E-state index contributed by atoms with van der Waals surface area (Å²) in [6, 6.07) is 2.74. The molecule has 1 aromatic rings. The monoisotopic (exact) mass is 351 g/mol. The second-order valence-electron chi connectivity index (χ2n) is 4.74. The van der Waals surface area contributed by atoms with Crippen molar-refractivity contribution in [2.75, 3.05) is 25.2 Å². The van der Waals surface area contributed by atoms with E-state index in [4.69, 9.17) is 16.3 Å². The lowest BCUT2D eigenvalue weighted by molar-refractivity contribution is -0.134. The highest BCUT2D eigenvalue weighted by Gasteiger charge is 2.32. The highest BCUT2D eigenvalue weighted by Crippen LogP contribution is 2.22. The number of carbonyl (C=O) groups excluding carboxylic acids is 2. The van der Waals surface area contributed by atoms with Gasteiger partial charge in [0.1, 0.15) is 4.88 Å². The zero-order chi connectivity index (χ0) is 15.6. The van der Waals surface area contributed by atoms with Crippen molar-refractivity contribution in [2.24, 2.45) is 0 Å². The first-order chi connectivity index (χ1) is 9.78.